The van der Waals surface area contributed by atoms with E-state index in [9.17, 15) is 4.79 Å². The summed E-state index contributed by atoms with van der Waals surface area (Å²) >= 11 is 0. The van der Waals surface area contributed by atoms with Crippen molar-refractivity contribution in [2.24, 2.45) is 0 Å². The van der Waals surface area contributed by atoms with Gasteiger partial charge in [0.2, 0.25) is 0 Å². The highest BCUT2D eigenvalue weighted by molar-refractivity contribution is 5.69. The molecule has 15 heavy (non-hydrogen) atoms. The van der Waals surface area contributed by atoms with Crippen LogP contribution >= 0.6 is 0 Å². The monoisotopic (exact) mass is 211 g/mol. The van der Waals surface area contributed by atoms with Crippen molar-refractivity contribution < 1.29 is 9.53 Å². The zero-order valence-electron chi connectivity index (χ0n) is 10.3. The van der Waals surface area contributed by atoms with E-state index in [0.717, 1.165) is 0 Å². The molecule has 0 aliphatic heterocycles. The Morgan fingerprint density at radius 3 is 2.00 bits per heavy atom. The zero-order valence-corrected chi connectivity index (χ0v) is 10.3. The summed E-state index contributed by atoms with van der Waals surface area (Å²) in [4.78, 5) is 13.5. The number of nitrogens with zero attached hydrogens (tertiary/aromatic N) is 1. The number of amides is 1. The number of rotatable bonds is 4. The molecule has 1 amide bonds. The summed E-state index contributed by atoms with van der Waals surface area (Å²) in [5.74, 6) is 0.492. The summed E-state index contributed by atoms with van der Waals surface area (Å²) < 4.78 is 5.16. The van der Waals surface area contributed by atoms with E-state index in [1.807, 2.05) is 27.7 Å². The van der Waals surface area contributed by atoms with Gasteiger partial charge in [0.15, 0.2) is 0 Å². The maximum absolute atomic E-state index is 11.8. The summed E-state index contributed by atoms with van der Waals surface area (Å²) in [7, 11) is 0. The van der Waals surface area contributed by atoms with Crippen LogP contribution in [-0.4, -0.2) is 23.1 Å². The Kier molecular flexibility index (Phi) is 5.75. The van der Waals surface area contributed by atoms with Crippen LogP contribution in [0.25, 0.3) is 0 Å². The minimum absolute atomic E-state index is 0.125. The van der Waals surface area contributed by atoms with Gasteiger partial charge in [-0.2, -0.15) is 0 Å². The van der Waals surface area contributed by atoms with Crippen molar-refractivity contribution in [2.75, 3.05) is 0 Å². The highest BCUT2D eigenvalue weighted by Gasteiger charge is 2.21. The number of ether oxygens (including phenoxy) is 1. The average molecular weight is 211 g/mol. The lowest BCUT2D eigenvalue weighted by Gasteiger charge is -2.29. The molecule has 86 valence electrons. The highest BCUT2D eigenvalue weighted by Crippen LogP contribution is 2.10. The molecule has 0 aliphatic carbocycles. The van der Waals surface area contributed by atoms with E-state index in [4.69, 9.17) is 4.74 Å². The fourth-order valence-electron chi connectivity index (χ4n) is 1.39. The molecule has 0 aromatic heterocycles. The average Bonchev–Trinajstić information content (AvgIpc) is 2.12. The third-order valence-corrected chi connectivity index (χ3v) is 2.01. The van der Waals surface area contributed by atoms with Gasteiger partial charge in [-0.05, 0) is 46.8 Å². The van der Waals surface area contributed by atoms with Crippen molar-refractivity contribution in [2.45, 2.75) is 46.7 Å². The Hall–Kier alpha value is -1.25. The van der Waals surface area contributed by atoms with Crippen molar-refractivity contribution in [3.05, 3.63) is 24.5 Å². The van der Waals surface area contributed by atoms with Crippen molar-refractivity contribution in [3.8, 4) is 0 Å². The summed E-state index contributed by atoms with van der Waals surface area (Å²) in [6.45, 7) is 13.2. The molecule has 0 aromatic carbocycles. The lowest BCUT2D eigenvalue weighted by molar-refractivity contribution is 0.104. The summed E-state index contributed by atoms with van der Waals surface area (Å²) in [6, 6.07) is 0.251. The van der Waals surface area contributed by atoms with Gasteiger partial charge in [-0.15, -0.1) is 0 Å². The molecular weight excluding hydrogens is 190 g/mol. The SMILES string of the molecule is C=C/C(=C/C)OC(=O)N(C(C)C)C(C)C. The van der Waals surface area contributed by atoms with Crippen molar-refractivity contribution in [1.82, 2.24) is 4.90 Å². The predicted molar refractivity (Wildman–Crippen MR) is 62.5 cm³/mol. The van der Waals surface area contributed by atoms with Gasteiger partial charge >= 0.3 is 6.09 Å². The maximum Gasteiger partial charge on any atom is 0.415 e. The van der Waals surface area contributed by atoms with Crippen molar-refractivity contribution >= 4 is 6.09 Å². The molecule has 0 bridgehead atoms. The second-order valence-electron chi connectivity index (χ2n) is 3.86. The molecule has 0 spiro atoms. The highest BCUT2D eigenvalue weighted by atomic mass is 16.6. The van der Waals surface area contributed by atoms with Crippen LogP contribution in [0.3, 0.4) is 0 Å². The van der Waals surface area contributed by atoms with Gasteiger partial charge in [-0.25, -0.2) is 4.79 Å². The van der Waals surface area contributed by atoms with Gasteiger partial charge in [0, 0.05) is 12.1 Å². The minimum Gasteiger partial charge on any atom is -0.411 e. The first-order valence-corrected chi connectivity index (χ1v) is 5.22. The lowest BCUT2D eigenvalue weighted by atomic mass is 10.2. The Bertz CT molecular complexity index is 246. The zero-order chi connectivity index (χ0) is 12.0. The minimum atomic E-state index is -0.326. The Morgan fingerprint density at radius 1 is 1.27 bits per heavy atom. The predicted octanol–water partition coefficient (Wildman–Crippen LogP) is 3.33. The van der Waals surface area contributed by atoms with Gasteiger partial charge in [0.1, 0.15) is 5.76 Å². The lowest BCUT2D eigenvalue weighted by Crippen LogP contribution is -2.42. The molecule has 0 unspecified atom stereocenters. The molecule has 0 N–H and O–H groups in total. The second-order valence-corrected chi connectivity index (χ2v) is 3.86. The van der Waals surface area contributed by atoms with Gasteiger partial charge in [0.05, 0.1) is 0 Å². The van der Waals surface area contributed by atoms with E-state index in [2.05, 4.69) is 6.58 Å². The van der Waals surface area contributed by atoms with Gasteiger partial charge in [-0.1, -0.05) is 6.58 Å². The van der Waals surface area contributed by atoms with Gasteiger partial charge < -0.3 is 9.64 Å². The van der Waals surface area contributed by atoms with E-state index in [0.29, 0.717) is 5.76 Å². The third-order valence-electron chi connectivity index (χ3n) is 2.01. The van der Waals surface area contributed by atoms with Crippen LogP contribution < -0.4 is 0 Å². The van der Waals surface area contributed by atoms with Crippen LogP contribution in [-0.2, 0) is 4.74 Å². The first kappa shape index (κ1) is 13.8. The van der Waals surface area contributed by atoms with Crippen LogP contribution in [0.4, 0.5) is 4.79 Å². The topological polar surface area (TPSA) is 29.5 Å². The fourth-order valence-corrected chi connectivity index (χ4v) is 1.39. The second kappa shape index (κ2) is 6.27. The molecule has 0 aromatic rings. The quantitative estimate of drug-likeness (QED) is 0.527. The van der Waals surface area contributed by atoms with E-state index in [1.165, 1.54) is 6.08 Å². The number of carbonyl (C=O) groups excluding carboxylic acids is 1. The Balaban J connectivity index is 4.59. The molecule has 3 heteroatoms. The van der Waals surface area contributed by atoms with Crippen LogP contribution in [0.5, 0.6) is 0 Å². The smallest absolute Gasteiger partial charge is 0.411 e. The van der Waals surface area contributed by atoms with Crippen LogP contribution in [0.1, 0.15) is 34.6 Å². The van der Waals surface area contributed by atoms with Crippen LogP contribution in [0.15, 0.2) is 24.5 Å². The maximum atomic E-state index is 11.8. The van der Waals surface area contributed by atoms with E-state index < -0.39 is 0 Å². The molecule has 0 atom stereocenters. The molecule has 0 saturated heterocycles. The standard InChI is InChI=1S/C12H21NO2/c1-7-11(8-2)15-12(14)13(9(3)4)10(5)6/h7-10H,1H2,2-6H3/b11-8-. The summed E-state index contributed by atoms with van der Waals surface area (Å²) in [5, 5.41) is 0. The van der Waals surface area contributed by atoms with Gasteiger partial charge in [0.25, 0.3) is 0 Å². The first-order chi connectivity index (χ1) is 6.93. The van der Waals surface area contributed by atoms with E-state index >= 15 is 0 Å². The number of allylic oxidation sites excluding steroid dienone is 2. The fraction of sp³-hybridized carbons (Fsp3) is 0.583. The number of hydrogen-bond acceptors (Lipinski definition) is 2. The molecule has 0 radical (unpaired) electrons. The Morgan fingerprint density at radius 2 is 1.73 bits per heavy atom. The summed E-state index contributed by atoms with van der Waals surface area (Å²) in [6.07, 6.45) is 2.91. The van der Waals surface area contributed by atoms with Crippen LogP contribution in [0, 0.1) is 0 Å². The number of hydrogen-bond donors (Lipinski definition) is 0. The normalized spacial score (nSPS) is 11.8. The molecule has 0 heterocycles. The van der Waals surface area contributed by atoms with Crippen LogP contribution in [0.2, 0.25) is 0 Å². The Labute approximate surface area is 92.4 Å². The van der Waals surface area contributed by atoms with E-state index in [1.54, 1.807) is 17.9 Å². The van der Waals surface area contributed by atoms with Gasteiger partial charge in [-0.3, -0.25) is 0 Å². The van der Waals surface area contributed by atoms with E-state index in [-0.39, 0.29) is 18.2 Å². The largest absolute Gasteiger partial charge is 0.415 e. The molecule has 0 aliphatic rings. The molecule has 0 saturated carbocycles. The number of carbonyl (C=O) groups is 1. The van der Waals surface area contributed by atoms with Crippen molar-refractivity contribution in [3.63, 3.8) is 0 Å². The third kappa shape index (κ3) is 4.19. The summed E-state index contributed by atoms with van der Waals surface area (Å²) in [5.41, 5.74) is 0. The molecule has 0 fully saturated rings. The molecule has 0 rings (SSSR count). The molecule has 3 nitrogen and oxygen atoms in total. The molecular formula is C12H21NO2. The van der Waals surface area contributed by atoms with Crippen molar-refractivity contribution in [1.29, 1.82) is 0 Å². The first-order valence-electron chi connectivity index (χ1n) is 5.22.